The summed E-state index contributed by atoms with van der Waals surface area (Å²) >= 11 is 0. The predicted molar refractivity (Wildman–Crippen MR) is 58.3 cm³/mol. The Hall–Kier alpha value is -0.790. The highest BCUT2D eigenvalue weighted by molar-refractivity contribution is 5.90. The third-order valence-corrected chi connectivity index (χ3v) is 1.36. The van der Waals surface area contributed by atoms with E-state index < -0.39 is 5.91 Å². The van der Waals surface area contributed by atoms with Crippen molar-refractivity contribution in [2.75, 3.05) is 0 Å². The van der Waals surface area contributed by atoms with Crippen LogP contribution in [-0.4, -0.2) is 5.91 Å². The molecule has 0 aromatic heterocycles. The third-order valence-electron chi connectivity index (χ3n) is 1.36. The van der Waals surface area contributed by atoms with Crippen LogP contribution in [0.1, 0.15) is 41.0 Å². The summed E-state index contributed by atoms with van der Waals surface area (Å²) in [6.45, 7) is 13.9. The summed E-state index contributed by atoms with van der Waals surface area (Å²) in [5.74, 6) is 1.31. The van der Waals surface area contributed by atoms with Crippen LogP contribution in [0.25, 0.3) is 0 Å². The van der Waals surface area contributed by atoms with Crippen molar-refractivity contribution in [2.45, 2.75) is 41.0 Å². The molecule has 0 heterocycles. The molecule has 0 aromatic rings. The number of hydrogen-bond donors (Lipinski definition) is 1. The van der Waals surface area contributed by atoms with E-state index in [0.717, 1.165) is 11.8 Å². The topological polar surface area (TPSA) is 43.1 Å². The van der Waals surface area contributed by atoms with Crippen molar-refractivity contribution in [2.24, 2.45) is 17.6 Å². The van der Waals surface area contributed by atoms with Gasteiger partial charge in [-0.15, -0.1) is 0 Å². The van der Waals surface area contributed by atoms with E-state index in [-0.39, 0.29) is 0 Å². The smallest absolute Gasteiger partial charge is 0.243 e. The average molecular weight is 185 g/mol. The zero-order valence-electron chi connectivity index (χ0n) is 9.55. The lowest BCUT2D eigenvalue weighted by molar-refractivity contribution is -0.114. The second kappa shape index (κ2) is 7.84. The minimum atomic E-state index is -0.435. The second-order valence-electron chi connectivity index (χ2n) is 4.17. The van der Waals surface area contributed by atoms with Crippen LogP contribution in [0.2, 0.25) is 0 Å². The van der Waals surface area contributed by atoms with Gasteiger partial charge < -0.3 is 5.73 Å². The van der Waals surface area contributed by atoms with Crippen LogP contribution in [0.15, 0.2) is 12.2 Å². The summed E-state index contributed by atoms with van der Waals surface area (Å²) in [5, 5.41) is 0. The van der Waals surface area contributed by atoms with Gasteiger partial charge in [-0.05, 0) is 25.2 Å². The van der Waals surface area contributed by atoms with Crippen molar-refractivity contribution in [3.63, 3.8) is 0 Å². The maximum atomic E-state index is 9.82. The highest BCUT2D eigenvalue weighted by Gasteiger charge is 1.95. The molecule has 0 unspecified atom stereocenters. The molecular weight excluding hydrogens is 162 g/mol. The van der Waals surface area contributed by atoms with Crippen molar-refractivity contribution in [1.29, 1.82) is 0 Å². The molecule has 1 amide bonds. The van der Waals surface area contributed by atoms with Gasteiger partial charge in [0.25, 0.3) is 0 Å². The molecule has 0 saturated carbocycles. The monoisotopic (exact) mass is 185 g/mol. The zero-order valence-corrected chi connectivity index (χ0v) is 9.55. The van der Waals surface area contributed by atoms with E-state index in [4.69, 9.17) is 5.73 Å². The lowest BCUT2D eigenvalue weighted by Gasteiger charge is -2.05. The fraction of sp³-hybridized carbons (Fsp3) is 0.727. The summed E-state index contributed by atoms with van der Waals surface area (Å²) in [6.07, 6.45) is 1.36. The maximum Gasteiger partial charge on any atom is 0.243 e. The first-order chi connectivity index (χ1) is 5.77. The second-order valence-corrected chi connectivity index (χ2v) is 4.17. The van der Waals surface area contributed by atoms with Crippen molar-refractivity contribution in [3.05, 3.63) is 12.2 Å². The zero-order chi connectivity index (χ0) is 11.0. The molecule has 0 spiro atoms. The Balaban J connectivity index is 0. The van der Waals surface area contributed by atoms with Crippen LogP contribution in [0, 0.1) is 11.8 Å². The number of rotatable bonds is 3. The molecule has 2 heteroatoms. The van der Waals surface area contributed by atoms with E-state index in [1.807, 2.05) is 0 Å². The fourth-order valence-corrected chi connectivity index (χ4v) is 0.943. The number of nitrogens with two attached hydrogens (primary N) is 1. The summed E-state index contributed by atoms with van der Waals surface area (Å²) in [7, 11) is 0. The summed E-state index contributed by atoms with van der Waals surface area (Å²) in [6, 6.07) is 0. The van der Waals surface area contributed by atoms with E-state index in [1.165, 1.54) is 6.42 Å². The van der Waals surface area contributed by atoms with Gasteiger partial charge in [-0.3, -0.25) is 4.79 Å². The molecule has 0 rings (SSSR count). The standard InChI is InChI=1S/C7H16.C4H7NO/c1-6(2)5-7(3)4;1-3(2)4(5)6/h6-7H,5H2,1-4H3;1H2,2H3,(H2,5,6). The third kappa shape index (κ3) is 18.3. The van der Waals surface area contributed by atoms with Gasteiger partial charge in [0.15, 0.2) is 0 Å². The first-order valence-corrected chi connectivity index (χ1v) is 4.72. The molecule has 0 aliphatic carbocycles. The molecule has 0 aliphatic rings. The Labute approximate surface area is 82.2 Å². The summed E-state index contributed by atoms with van der Waals surface area (Å²) < 4.78 is 0. The Bertz CT molecular complexity index is 141. The highest BCUT2D eigenvalue weighted by atomic mass is 16.1. The van der Waals surface area contributed by atoms with E-state index in [0.29, 0.717) is 5.57 Å². The van der Waals surface area contributed by atoms with Gasteiger partial charge in [0, 0.05) is 5.57 Å². The Kier molecular flexibility index (Phi) is 8.87. The summed E-state index contributed by atoms with van der Waals surface area (Å²) in [4.78, 5) is 9.82. The van der Waals surface area contributed by atoms with E-state index in [9.17, 15) is 4.79 Å². The number of primary amides is 1. The number of amides is 1. The quantitative estimate of drug-likeness (QED) is 0.675. The average Bonchev–Trinajstić information content (AvgIpc) is 1.84. The van der Waals surface area contributed by atoms with E-state index >= 15 is 0 Å². The molecule has 0 radical (unpaired) electrons. The molecule has 13 heavy (non-hydrogen) atoms. The van der Waals surface area contributed by atoms with Crippen molar-refractivity contribution in [1.82, 2.24) is 0 Å². The minimum Gasteiger partial charge on any atom is -0.366 e. The molecule has 0 aromatic carbocycles. The number of carbonyl (C=O) groups excluding carboxylic acids is 1. The molecule has 0 fully saturated rings. The highest BCUT2D eigenvalue weighted by Crippen LogP contribution is 2.08. The normalized spacial score (nSPS) is 9.46. The lowest BCUT2D eigenvalue weighted by Crippen LogP contribution is -2.10. The Morgan fingerprint density at radius 2 is 1.46 bits per heavy atom. The molecule has 0 atom stereocenters. The first kappa shape index (κ1) is 14.7. The largest absolute Gasteiger partial charge is 0.366 e. The van der Waals surface area contributed by atoms with Crippen molar-refractivity contribution in [3.8, 4) is 0 Å². The van der Waals surface area contributed by atoms with Gasteiger partial charge in [-0.25, -0.2) is 0 Å². The van der Waals surface area contributed by atoms with Crippen LogP contribution >= 0.6 is 0 Å². The molecule has 78 valence electrons. The first-order valence-electron chi connectivity index (χ1n) is 4.72. The van der Waals surface area contributed by atoms with Gasteiger partial charge in [0.2, 0.25) is 5.91 Å². The molecule has 2 N–H and O–H groups in total. The molecule has 0 aliphatic heterocycles. The number of carbonyl (C=O) groups is 1. The van der Waals surface area contributed by atoms with Gasteiger partial charge >= 0.3 is 0 Å². The van der Waals surface area contributed by atoms with Crippen LogP contribution < -0.4 is 5.73 Å². The van der Waals surface area contributed by atoms with Gasteiger partial charge in [0.05, 0.1) is 0 Å². The van der Waals surface area contributed by atoms with Gasteiger partial charge in [-0.1, -0.05) is 34.3 Å². The lowest BCUT2D eigenvalue weighted by atomic mass is 10.0. The van der Waals surface area contributed by atoms with E-state index in [2.05, 4.69) is 34.3 Å². The molecule has 2 nitrogen and oxygen atoms in total. The van der Waals surface area contributed by atoms with Gasteiger partial charge in [0.1, 0.15) is 0 Å². The Morgan fingerprint density at radius 3 is 1.46 bits per heavy atom. The predicted octanol–water partition coefficient (Wildman–Crippen LogP) is 2.74. The van der Waals surface area contributed by atoms with E-state index in [1.54, 1.807) is 6.92 Å². The SMILES string of the molecule is C=C(C)C(N)=O.CC(C)CC(C)C. The number of hydrogen-bond acceptors (Lipinski definition) is 1. The fourth-order valence-electron chi connectivity index (χ4n) is 0.943. The maximum absolute atomic E-state index is 9.82. The molecule has 0 saturated heterocycles. The minimum absolute atomic E-state index is 0.398. The van der Waals surface area contributed by atoms with Crippen molar-refractivity contribution >= 4 is 5.91 Å². The summed E-state index contributed by atoms with van der Waals surface area (Å²) in [5.41, 5.74) is 5.09. The van der Waals surface area contributed by atoms with Crippen LogP contribution in [-0.2, 0) is 4.79 Å². The van der Waals surface area contributed by atoms with Crippen molar-refractivity contribution < 1.29 is 4.79 Å². The van der Waals surface area contributed by atoms with Crippen LogP contribution in [0.4, 0.5) is 0 Å². The molecule has 0 bridgehead atoms. The van der Waals surface area contributed by atoms with Crippen LogP contribution in [0.3, 0.4) is 0 Å². The molecular formula is C11H23NO. The van der Waals surface area contributed by atoms with Gasteiger partial charge in [-0.2, -0.15) is 0 Å². The Morgan fingerprint density at radius 1 is 1.23 bits per heavy atom. The van der Waals surface area contributed by atoms with Crippen LogP contribution in [0.5, 0.6) is 0 Å².